The van der Waals surface area contributed by atoms with Crippen molar-refractivity contribution >= 4 is 17.7 Å². The summed E-state index contributed by atoms with van der Waals surface area (Å²) >= 11 is 0. The van der Waals surface area contributed by atoms with Gasteiger partial charge in [0.1, 0.15) is 6.04 Å². The van der Waals surface area contributed by atoms with Gasteiger partial charge in [-0.15, -0.1) is 0 Å². The second-order valence-electron chi connectivity index (χ2n) is 5.28. The van der Waals surface area contributed by atoms with E-state index >= 15 is 0 Å². The second kappa shape index (κ2) is 5.64. The van der Waals surface area contributed by atoms with Crippen LogP contribution in [0.1, 0.15) is 40.7 Å². The number of carbonyl (C=O) groups excluding carboxylic acids is 3. The van der Waals surface area contributed by atoms with Crippen LogP contribution in [-0.4, -0.2) is 28.7 Å². The lowest BCUT2D eigenvalue weighted by atomic mass is 10.0. The summed E-state index contributed by atoms with van der Waals surface area (Å²) in [6, 6.07) is 4.81. The fraction of sp³-hybridized carbons (Fsp3) is 0.294. The Balaban J connectivity index is 1.91. The molecule has 1 fully saturated rings. The molecule has 2 aliphatic heterocycles. The number of imide groups is 1. The average Bonchev–Trinajstić information content (AvgIpc) is 2.83. The van der Waals surface area contributed by atoms with Gasteiger partial charge in [-0.3, -0.25) is 19.7 Å². The van der Waals surface area contributed by atoms with Crippen LogP contribution in [0.5, 0.6) is 0 Å². The number of nitrogens with one attached hydrogen (secondary N) is 1. The maximum absolute atomic E-state index is 12.5. The summed E-state index contributed by atoms with van der Waals surface area (Å²) in [6.45, 7) is 4.03. The lowest BCUT2D eigenvalue weighted by Gasteiger charge is -2.29. The highest BCUT2D eigenvalue weighted by atomic mass is 16.2. The molecule has 1 N–H and O–H groups in total. The zero-order valence-electron chi connectivity index (χ0n) is 12.0. The third-order valence-corrected chi connectivity index (χ3v) is 3.93. The number of fused-ring (bicyclic) bond motifs is 1. The van der Waals surface area contributed by atoms with Crippen LogP contribution in [0.3, 0.4) is 0 Å². The summed E-state index contributed by atoms with van der Waals surface area (Å²) in [5.41, 5.74) is 2.23. The molecular formula is C17H15N2O3. The molecule has 0 saturated carbocycles. The maximum Gasteiger partial charge on any atom is 0.255 e. The molecule has 22 heavy (non-hydrogen) atoms. The Bertz CT molecular complexity index is 727. The van der Waals surface area contributed by atoms with Crippen molar-refractivity contribution < 1.29 is 14.4 Å². The lowest BCUT2D eigenvalue weighted by molar-refractivity contribution is -0.136. The van der Waals surface area contributed by atoms with Gasteiger partial charge in [-0.2, -0.15) is 0 Å². The minimum atomic E-state index is -0.591. The van der Waals surface area contributed by atoms with Crippen molar-refractivity contribution in [3.8, 4) is 11.8 Å². The van der Waals surface area contributed by atoms with E-state index in [1.165, 1.54) is 4.90 Å². The molecule has 0 spiro atoms. The van der Waals surface area contributed by atoms with Crippen molar-refractivity contribution in [1.82, 2.24) is 10.2 Å². The predicted molar refractivity (Wildman–Crippen MR) is 79.3 cm³/mol. The molecule has 3 amide bonds. The minimum Gasteiger partial charge on any atom is -0.322 e. The molecule has 0 bridgehead atoms. The quantitative estimate of drug-likeness (QED) is 0.621. The van der Waals surface area contributed by atoms with Crippen LogP contribution in [-0.2, 0) is 16.1 Å². The first-order valence-corrected chi connectivity index (χ1v) is 7.16. The molecule has 1 saturated heterocycles. The third-order valence-electron chi connectivity index (χ3n) is 3.93. The van der Waals surface area contributed by atoms with Gasteiger partial charge >= 0.3 is 0 Å². The topological polar surface area (TPSA) is 66.5 Å². The normalized spacial score (nSPS) is 20.3. The van der Waals surface area contributed by atoms with E-state index in [9.17, 15) is 14.4 Å². The smallest absolute Gasteiger partial charge is 0.255 e. The van der Waals surface area contributed by atoms with Gasteiger partial charge in [0.2, 0.25) is 11.8 Å². The number of nitrogens with zero attached hydrogens (tertiary/aromatic N) is 1. The Morgan fingerprint density at radius 2 is 2.14 bits per heavy atom. The van der Waals surface area contributed by atoms with Gasteiger partial charge in [0.15, 0.2) is 0 Å². The Kier molecular flexibility index (Phi) is 3.68. The highest BCUT2D eigenvalue weighted by Crippen LogP contribution is 2.29. The van der Waals surface area contributed by atoms with E-state index in [0.29, 0.717) is 24.9 Å². The van der Waals surface area contributed by atoms with Gasteiger partial charge in [-0.1, -0.05) is 17.9 Å². The molecule has 1 atom stereocenters. The Morgan fingerprint density at radius 1 is 1.32 bits per heavy atom. The van der Waals surface area contributed by atoms with E-state index in [1.807, 2.05) is 6.07 Å². The Hall–Kier alpha value is -2.61. The SMILES string of the molecule is [CH2]CC#Cc1cccc2c1CN(C1CCC(=O)NC1=O)C2=O. The summed E-state index contributed by atoms with van der Waals surface area (Å²) in [4.78, 5) is 37.3. The molecular weight excluding hydrogens is 280 g/mol. The maximum atomic E-state index is 12.5. The van der Waals surface area contributed by atoms with Crippen molar-refractivity contribution in [3.05, 3.63) is 41.8 Å². The summed E-state index contributed by atoms with van der Waals surface area (Å²) < 4.78 is 0. The zero-order valence-corrected chi connectivity index (χ0v) is 12.0. The molecule has 2 heterocycles. The summed E-state index contributed by atoms with van der Waals surface area (Å²) in [5, 5.41) is 2.29. The van der Waals surface area contributed by atoms with Gasteiger partial charge in [0.05, 0.1) is 0 Å². The highest BCUT2D eigenvalue weighted by molar-refractivity contribution is 6.05. The summed E-state index contributed by atoms with van der Waals surface area (Å²) in [6.07, 6.45) is 1.11. The number of hydrogen-bond acceptors (Lipinski definition) is 3. The Morgan fingerprint density at radius 3 is 2.86 bits per heavy atom. The number of carbonyl (C=O) groups is 3. The van der Waals surface area contributed by atoms with E-state index in [1.54, 1.807) is 12.1 Å². The van der Waals surface area contributed by atoms with Crippen LogP contribution in [0.4, 0.5) is 0 Å². The van der Waals surface area contributed by atoms with Crippen LogP contribution >= 0.6 is 0 Å². The first-order valence-electron chi connectivity index (χ1n) is 7.16. The molecule has 111 valence electrons. The number of hydrogen-bond donors (Lipinski definition) is 1. The van der Waals surface area contributed by atoms with Crippen molar-refractivity contribution in [2.45, 2.75) is 31.8 Å². The number of piperidine rings is 1. The molecule has 5 heteroatoms. The first kappa shape index (κ1) is 14.3. The molecule has 3 rings (SSSR count). The number of amides is 3. The highest BCUT2D eigenvalue weighted by Gasteiger charge is 2.39. The summed E-state index contributed by atoms with van der Waals surface area (Å²) in [7, 11) is 0. The monoisotopic (exact) mass is 295 g/mol. The molecule has 2 aliphatic rings. The van der Waals surface area contributed by atoms with Crippen molar-refractivity contribution in [2.75, 3.05) is 0 Å². The van der Waals surface area contributed by atoms with Gasteiger partial charge < -0.3 is 4.90 Å². The van der Waals surface area contributed by atoms with Crippen LogP contribution in [0, 0.1) is 18.8 Å². The molecule has 1 aromatic carbocycles. The fourth-order valence-electron chi connectivity index (χ4n) is 2.86. The van der Waals surface area contributed by atoms with E-state index in [0.717, 1.165) is 11.1 Å². The standard InChI is InChI=1S/C17H15N2O3/c1-2-3-5-11-6-4-7-12-13(11)10-19(17(12)22)14-8-9-15(20)18-16(14)21/h4,6-7,14H,1-2,8-10H2,(H,18,20,21). The minimum absolute atomic E-state index is 0.178. The van der Waals surface area contributed by atoms with Gasteiger partial charge in [0, 0.05) is 30.5 Å². The van der Waals surface area contributed by atoms with Gasteiger partial charge in [0.25, 0.3) is 5.91 Å². The number of benzene rings is 1. The van der Waals surface area contributed by atoms with Crippen LogP contribution in [0.25, 0.3) is 0 Å². The van der Waals surface area contributed by atoms with E-state index in [4.69, 9.17) is 0 Å². The molecule has 1 radical (unpaired) electrons. The van der Waals surface area contributed by atoms with Crippen LogP contribution in [0.15, 0.2) is 18.2 Å². The predicted octanol–water partition coefficient (Wildman–Crippen LogP) is 1.02. The van der Waals surface area contributed by atoms with Crippen LogP contribution in [0.2, 0.25) is 0 Å². The van der Waals surface area contributed by atoms with E-state index in [2.05, 4.69) is 24.1 Å². The van der Waals surface area contributed by atoms with Crippen molar-refractivity contribution in [1.29, 1.82) is 0 Å². The molecule has 0 aliphatic carbocycles. The Labute approximate surface area is 128 Å². The lowest BCUT2D eigenvalue weighted by Crippen LogP contribution is -2.52. The van der Waals surface area contributed by atoms with Gasteiger partial charge in [-0.05, 0) is 31.0 Å². The van der Waals surface area contributed by atoms with Crippen LogP contribution < -0.4 is 5.32 Å². The largest absolute Gasteiger partial charge is 0.322 e. The number of rotatable bonds is 1. The zero-order chi connectivity index (χ0) is 15.7. The first-order chi connectivity index (χ1) is 10.6. The summed E-state index contributed by atoms with van der Waals surface area (Å²) in [5.74, 6) is 5.05. The third kappa shape index (κ3) is 2.37. The van der Waals surface area contributed by atoms with Gasteiger partial charge in [-0.25, -0.2) is 0 Å². The molecule has 0 aromatic heterocycles. The van der Waals surface area contributed by atoms with E-state index < -0.39 is 11.9 Å². The van der Waals surface area contributed by atoms with Crippen molar-refractivity contribution in [2.24, 2.45) is 0 Å². The molecule has 5 nitrogen and oxygen atoms in total. The van der Waals surface area contributed by atoms with E-state index in [-0.39, 0.29) is 18.2 Å². The van der Waals surface area contributed by atoms with Crippen molar-refractivity contribution in [3.63, 3.8) is 0 Å². The molecule has 1 aromatic rings. The molecule has 1 unspecified atom stereocenters. The second-order valence-corrected chi connectivity index (χ2v) is 5.28. The average molecular weight is 295 g/mol. The fourth-order valence-corrected chi connectivity index (χ4v) is 2.86.